The zero-order chi connectivity index (χ0) is 12.8. The molecule has 2 bridgehead atoms. The van der Waals surface area contributed by atoms with Gasteiger partial charge in [0.1, 0.15) is 0 Å². The molecule has 0 spiro atoms. The first-order valence-electron chi connectivity index (χ1n) is 5.29. The Hall–Kier alpha value is -0.790. The lowest BCUT2D eigenvalue weighted by atomic mass is 9.89. The fourth-order valence-corrected chi connectivity index (χ4v) is 3.26. The predicted octanol–water partition coefficient (Wildman–Crippen LogP) is 1.03. The van der Waals surface area contributed by atoms with Crippen LogP contribution in [0.25, 0.3) is 0 Å². The van der Waals surface area contributed by atoms with Gasteiger partial charge < -0.3 is 5.11 Å². The molecule has 17 heavy (non-hydrogen) atoms. The van der Waals surface area contributed by atoms with Gasteiger partial charge in [0.25, 0.3) is 0 Å². The highest BCUT2D eigenvalue weighted by Crippen LogP contribution is 2.48. The van der Waals surface area contributed by atoms with Crippen LogP contribution in [0.5, 0.6) is 0 Å². The third kappa shape index (κ3) is 2.27. The molecule has 2 rings (SSSR count). The maximum Gasteiger partial charge on any atom is 0.518 e. The van der Waals surface area contributed by atoms with Crippen LogP contribution in [0, 0.1) is 17.8 Å². The van der Waals surface area contributed by atoms with E-state index in [-0.39, 0.29) is 5.92 Å². The molecule has 0 aromatic carbocycles. The van der Waals surface area contributed by atoms with E-state index < -0.39 is 27.3 Å². The molecule has 0 aromatic rings. The second kappa shape index (κ2) is 3.86. The average Bonchev–Trinajstić information content (AvgIpc) is 2.75. The quantitative estimate of drug-likeness (QED) is 0.556. The van der Waals surface area contributed by atoms with Crippen LogP contribution in [0.1, 0.15) is 25.7 Å². The zero-order valence-corrected chi connectivity index (χ0v) is 9.59. The van der Waals surface area contributed by atoms with Gasteiger partial charge in [-0.3, -0.25) is 0 Å². The SMILES string of the molecule is O=S(=O)(/N=C(\[O-])C1CC2CCC1C2)C(F)(F)F. The van der Waals surface area contributed by atoms with Crippen molar-refractivity contribution in [2.75, 3.05) is 0 Å². The Morgan fingerprint density at radius 1 is 1.24 bits per heavy atom. The minimum Gasteiger partial charge on any atom is -0.861 e. The van der Waals surface area contributed by atoms with E-state index in [1.54, 1.807) is 0 Å². The number of hydrogen-bond donors (Lipinski definition) is 0. The van der Waals surface area contributed by atoms with Crippen molar-refractivity contribution in [3.8, 4) is 0 Å². The van der Waals surface area contributed by atoms with Gasteiger partial charge in [-0.2, -0.15) is 26.0 Å². The van der Waals surface area contributed by atoms with Gasteiger partial charge in [-0.05, 0) is 42.9 Å². The summed E-state index contributed by atoms with van der Waals surface area (Å²) >= 11 is 0. The summed E-state index contributed by atoms with van der Waals surface area (Å²) in [7, 11) is -5.68. The molecule has 2 saturated carbocycles. The summed E-state index contributed by atoms with van der Waals surface area (Å²) in [6.07, 6.45) is 3.03. The number of sulfonamides is 1. The van der Waals surface area contributed by atoms with Crippen LogP contribution in [0.3, 0.4) is 0 Å². The second-order valence-corrected chi connectivity index (χ2v) is 6.23. The van der Waals surface area contributed by atoms with Crippen LogP contribution < -0.4 is 5.11 Å². The molecule has 3 unspecified atom stereocenters. The van der Waals surface area contributed by atoms with Crippen LogP contribution >= 0.6 is 0 Å². The Bertz CT molecular complexity index is 443. The van der Waals surface area contributed by atoms with E-state index in [4.69, 9.17) is 0 Å². The first-order chi connectivity index (χ1) is 7.71. The molecule has 0 aliphatic heterocycles. The molecular weight excluding hydrogens is 259 g/mol. The van der Waals surface area contributed by atoms with E-state index in [2.05, 4.69) is 4.40 Å². The van der Waals surface area contributed by atoms with E-state index in [0.29, 0.717) is 12.3 Å². The lowest BCUT2D eigenvalue weighted by molar-refractivity contribution is -0.225. The first kappa shape index (κ1) is 12.7. The lowest BCUT2D eigenvalue weighted by Gasteiger charge is -2.26. The molecule has 2 aliphatic carbocycles. The van der Waals surface area contributed by atoms with Crippen LogP contribution in [0.2, 0.25) is 0 Å². The van der Waals surface area contributed by atoms with Crippen molar-refractivity contribution in [3.63, 3.8) is 0 Å². The van der Waals surface area contributed by atoms with Gasteiger partial charge in [-0.1, -0.05) is 6.42 Å². The Balaban J connectivity index is 2.18. The van der Waals surface area contributed by atoms with Crippen LogP contribution in [0.15, 0.2) is 4.40 Å². The van der Waals surface area contributed by atoms with E-state index in [1.165, 1.54) is 0 Å². The van der Waals surface area contributed by atoms with Gasteiger partial charge in [-0.15, -0.1) is 0 Å². The number of hydrogen-bond acceptors (Lipinski definition) is 3. The third-order valence-corrected chi connectivity index (χ3v) is 4.56. The Morgan fingerprint density at radius 3 is 2.29 bits per heavy atom. The molecule has 98 valence electrons. The Labute approximate surface area is 96.6 Å². The highest BCUT2D eigenvalue weighted by Gasteiger charge is 2.47. The molecule has 2 fully saturated rings. The van der Waals surface area contributed by atoms with Crippen molar-refractivity contribution < 1.29 is 26.7 Å². The summed E-state index contributed by atoms with van der Waals surface area (Å²) in [5.74, 6) is -1.40. The topological polar surface area (TPSA) is 69.6 Å². The molecule has 4 nitrogen and oxygen atoms in total. The van der Waals surface area contributed by atoms with Crippen LogP contribution in [-0.2, 0) is 10.0 Å². The van der Waals surface area contributed by atoms with E-state index in [0.717, 1.165) is 19.3 Å². The molecule has 0 heterocycles. The first-order valence-corrected chi connectivity index (χ1v) is 6.73. The number of rotatable bonds is 2. The monoisotopic (exact) mass is 270 g/mol. The largest absolute Gasteiger partial charge is 0.861 e. The predicted molar refractivity (Wildman–Crippen MR) is 51.3 cm³/mol. The minimum absolute atomic E-state index is 0.0136. The standard InChI is InChI=1S/C9H12F3NO3S/c10-9(11,12)17(15,16)13-8(14)7-4-5-1-2-6(7)3-5/h5-7H,1-4H2,(H,13,14)/p-1. The summed E-state index contributed by atoms with van der Waals surface area (Å²) in [4.78, 5) is 0. The molecule has 0 aromatic heterocycles. The maximum atomic E-state index is 12.0. The summed E-state index contributed by atoms with van der Waals surface area (Å²) in [5.41, 5.74) is -5.49. The van der Waals surface area contributed by atoms with Crippen LogP contribution in [0.4, 0.5) is 13.2 Å². The molecule has 2 aliphatic rings. The fourth-order valence-electron chi connectivity index (χ4n) is 2.79. The smallest absolute Gasteiger partial charge is 0.518 e. The van der Waals surface area contributed by atoms with Crippen LogP contribution in [-0.4, -0.2) is 19.8 Å². The summed E-state index contributed by atoms with van der Waals surface area (Å²) in [5, 5.41) is 11.5. The molecule has 0 radical (unpaired) electrons. The van der Waals surface area contributed by atoms with Crippen molar-refractivity contribution in [3.05, 3.63) is 0 Å². The highest BCUT2D eigenvalue weighted by atomic mass is 32.2. The molecule has 0 saturated heterocycles. The van der Waals surface area contributed by atoms with Gasteiger partial charge in [0.2, 0.25) is 0 Å². The maximum absolute atomic E-state index is 12.0. The minimum atomic E-state index is -5.68. The number of nitrogens with zero attached hydrogens (tertiary/aromatic N) is 1. The zero-order valence-electron chi connectivity index (χ0n) is 8.77. The molecule has 8 heteroatoms. The molecule has 0 N–H and O–H groups in total. The molecule has 0 amide bonds. The fraction of sp³-hybridized carbons (Fsp3) is 0.889. The van der Waals surface area contributed by atoms with E-state index in [1.807, 2.05) is 0 Å². The van der Waals surface area contributed by atoms with Gasteiger partial charge in [0.05, 0.1) is 0 Å². The number of fused-ring (bicyclic) bond motifs is 2. The van der Waals surface area contributed by atoms with E-state index >= 15 is 0 Å². The lowest BCUT2D eigenvalue weighted by Crippen LogP contribution is -2.34. The second-order valence-electron chi connectivity index (χ2n) is 4.63. The van der Waals surface area contributed by atoms with E-state index in [9.17, 15) is 26.7 Å². The van der Waals surface area contributed by atoms with Crippen molar-refractivity contribution in [1.82, 2.24) is 0 Å². The van der Waals surface area contributed by atoms with Crippen molar-refractivity contribution in [2.45, 2.75) is 31.2 Å². The normalized spacial score (nSPS) is 34.3. The molecular formula is C9H11F3NO3S-. The van der Waals surface area contributed by atoms with Gasteiger partial charge in [-0.25, -0.2) is 0 Å². The van der Waals surface area contributed by atoms with Gasteiger partial charge in [0, 0.05) is 0 Å². The number of halogens is 3. The third-order valence-electron chi connectivity index (χ3n) is 3.56. The summed E-state index contributed by atoms with van der Waals surface area (Å²) in [6.45, 7) is 0. The highest BCUT2D eigenvalue weighted by molar-refractivity contribution is 7.91. The van der Waals surface area contributed by atoms with Crippen molar-refractivity contribution in [1.29, 1.82) is 0 Å². The number of alkyl halides is 3. The van der Waals surface area contributed by atoms with Gasteiger partial charge >= 0.3 is 15.5 Å². The summed E-state index contributed by atoms with van der Waals surface area (Å²) < 4.78 is 59.9. The average molecular weight is 270 g/mol. The Kier molecular flexibility index (Phi) is 2.87. The Morgan fingerprint density at radius 2 is 1.88 bits per heavy atom. The molecule has 3 atom stereocenters. The summed E-state index contributed by atoms with van der Waals surface area (Å²) in [6, 6.07) is 0. The van der Waals surface area contributed by atoms with Crippen molar-refractivity contribution >= 4 is 15.9 Å². The van der Waals surface area contributed by atoms with Crippen molar-refractivity contribution in [2.24, 2.45) is 22.2 Å². The van der Waals surface area contributed by atoms with Gasteiger partial charge in [0.15, 0.2) is 0 Å².